The number of H-pyrrole nitrogens is 1. The van der Waals surface area contributed by atoms with E-state index in [4.69, 9.17) is 17.3 Å². The van der Waals surface area contributed by atoms with E-state index in [0.29, 0.717) is 22.1 Å². The number of anilines is 2. The molecule has 3 rings (SSSR count). The third kappa shape index (κ3) is 2.75. The number of aromatic amines is 1. The van der Waals surface area contributed by atoms with E-state index in [1.54, 1.807) is 24.3 Å². The van der Waals surface area contributed by atoms with Crippen molar-refractivity contribution < 1.29 is 4.79 Å². The van der Waals surface area contributed by atoms with Gasteiger partial charge in [0.05, 0.1) is 21.9 Å². The molecule has 2 aromatic carbocycles. The number of benzene rings is 2. The Morgan fingerprint density at radius 3 is 2.81 bits per heavy atom. The fourth-order valence-electron chi connectivity index (χ4n) is 2.08. The molecule has 0 aliphatic heterocycles. The van der Waals surface area contributed by atoms with Crippen molar-refractivity contribution in [3.8, 4) is 0 Å². The number of amides is 1. The van der Waals surface area contributed by atoms with Gasteiger partial charge in [-0.1, -0.05) is 39.7 Å². The molecule has 0 atom stereocenters. The van der Waals surface area contributed by atoms with Crippen LogP contribution in [0.15, 0.2) is 46.9 Å². The van der Waals surface area contributed by atoms with Gasteiger partial charge in [-0.2, -0.15) is 0 Å². The topological polar surface area (TPSA) is 70.9 Å². The van der Waals surface area contributed by atoms with Crippen molar-refractivity contribution in [2.45, 2.75) is 0 Å². The number of hydrogen-bond acceptors (Lipinski definition) is 2. The number of fused-ring (bicyclic) bond motifs is 1. The van der Waals surface area contributed by atoms with Crippen LogP contribution in [0.4, 0.5) is 11.4 Å². The summed E-state index contributed by atoms with van der Waals surface area (Å²) in [7, 11) is 0. The zero-order valence-corrected chi connectivity index (χ0v) is 13.1. The van der Waals surface area contributed by atoms with Crippen LogP contribution < -0.4 is 11.1 Å². The number of hydrogen-bond donors (Lipinski definition) is 3. The number of nitrogens with one attached hydrogen (secondary N) is 2. The summed E-state index contributed by atoms with van der Waals surface area (Å²) in [4.78, 5) is 15.3. The van der Waals surface area contributed by atoms with Crippen molar-refractivity contribution >= 4 is 55.7 Å². The Balaban J connectivity index is 1.93. The highest BCUT2D eigenvalue weighted by Gasteiger charge is 2.12. The summed E-state index contributed by atoms with van der Waals surface area (Å²) >= 11 is 9.41. The van der Waals surface area contributed by atoms with Crippen molar-refractivity contribution in [1.82, 2.24) is 4.98 Å². The minimum absolute atomic E-state index is 0.273. The van der Waals surface area contributed by atoms with E-state index in [2.05, 4.69) is 26.2 Å². The van der Waals surface area contributed by atoms with Gasteiger partial charge in [0.2, 0.25) is 0 Å². The standard InChI is InChI=1S/C15H11BrClN3O/c16-9-4-5-10(17)12(7-9)20-15(21)13-6-8-2-1-3-11(18)14(8)19-13/h1-7,19H,18H2,(H,20,21). The first kappa shape index (κ1) is 14.0. The first-order valence-electron chi connectivity index (χ1n) is 6.18. The number of halogens is 2. The quantitative estimate of drug-likeness (QED) is 0.589. The molecule has 0 bridgehead atoms. The van der Waals surface area contributed by atoms with E-state index >= 15 is 0 Å². The maximum absolute atomic E-state index is 12.3. The van der Waals surface area contributed by atoms with Gasteiger partial charge in [0.15, 0.2) is 0 Å². The largest absolute Gasteiger partial charge is 0.397 e. The maximum Gasteiger partial charge on any atom is 0.272 e. The first-order valence-corrected chi connectivity index (χ1v) is 7.35. The second-order valence-corrected chi connectivity index (χ2v) is 5.90. The van der Waals surface area contributed by atoms with Crippen LogP contribution in [0.2, 0.25) is 5.02 Å². The van der Waals surface area contributed by atoms with Crippen LogP contribution in [-0.2, 0) is 0 Å². The molecule has 0 aliphatic rings. The number of nitrogen functional groups attached to an aromatic ring is 1. The van der Waals surface area contributed by atoms with Crippen LogP contribution in [0, 0.1) is 0 Å². The maximum atomic E-state index is 12.3. The van der Waals surface area contributed by atoms with Crippen molar-refractivity contribution in [2.24, 2.45) is 0 Å². The predicted octanol–water partition coefficient (Wildman–Crippen LogP) is 4.42. The van der Waals surface area contributed by atoms with E-state index in [1.165, 1.54) is 0 Å². The molecule has 0 fully saturated rings. The molecule has 1 aromatic heterocycles. The lowest BCUT2D eigenvalue weighted by Gasteiger charge is -2.06. The molecule has 1 heterocycles. The van der Waals surface area contributed by atoms with Crippen LogP contribution in [0.3, 0.4) is 0 Å². The van der Waals surface area contributed by atoms with Crippen LogP contribution >= 0.6 is 27.5 Å². The lowest BCUT2D eigenvalue weighted by molar-refractivity contribution is 0.102. The Morgan fingerprint density at radius 1 is 1.24 bits per heavy atom. The smallest absolute Gasteiger partial charge is 0.272 e. The van der Waals surface area contributed by atoms with Gasteiger partial charge in [0, 0.05) is 9.86 Å². The molecule has 0 saturated carbocycles. The zero-order chi connectivity index (χ0) is 15.0. The van der Waals surface area contributed by atoms with Crippen molar-refractivity contribution in [1.29, 1.82) is 0 Å². The second kappa shape index (κ2) is 5.42. The predicted molar refractivity (Wildman–Crippen MR) is 89.8 cm³/mol. The molecule has 4 nitrogen and oxygen atoms in total. The van der Waals surface area contributed by atoms with Crippen molar-refractivity contribution in [3.63, 3.8) is 0 Å². The van der Waals surface area contributed by atoms with Gasteiger partial charge < -0.3 is 16.0 Å². The Morgan fingerprint density at radius 2 is 2.05 bits per heavy atom. The highest BCUT2D eigenvalue weighted by molar-refractivity contribution is 9.10. The van der Waals surface area contributed by atoms with Gasteiger partial charge in [-0.3, -0.25) is 4.79 Å². The van der Waals surface area contributed by atoms with E-state index < -0.39 is 0 Å². The van der Waals surface area contributed by atoms with Gasteiger partial charge in [-0.25, -0.2) is 0 Å². The number of carbonyl (C=O) groups is 1. The zero-order valence-electron chi connectivity index (χ0n) is 10.8. The molecule has 106 valence electrons. The molecular weight excluding hydrogens is 354 g/mol. The number of carbonyl (C=O) groups excluding carboxylic acids is 1. The average molecular weight is 365 g/mol. The molecule has 6 heteroatoms. The molecule has 21 heavy (non-hydrogen) atoms. The van der Waals surface area contributed by atoms with E-state index in [9.17, 15) is 4.79 Å². The molecule has 1 amide bonds. The monoisotopic (exact) mass is 363 g/mol. The van der Waals surface area contributed by atoms with E-state index in [1.807, 2.05) is 18.2 Å². The number of rotatable bonds is 2. The lowest BCUT2D eigenvalue weighted by atomic mass is 10.2. The molecular formula is C15H11BrClN3O. The van der Waals surface area contributed by atoms with Crippen LogP contribution in [0.1, 0.15) is 10.5 Å². The Bertz CT molecular complexity index is 844. The highest BCUT2D eigenvalue weighted by Crippen LogP contribution is 2.27. The first-order chi connectivity index (χ1) is 10.0. The molecule has 4 N–H and O–H groups in total. The SMILES string of the molecule is Nc1cccc2cc(C(=O)Nc3cc(Br)ccc3Cl)[nH]c12. The summed E-state index contributed by atoms with van der Waals surface area (Å²) in [6, 6.07) is 12.5. The Hall–Kier alpha value is -1.98. The Labute approximate surface area is 134 Å². The summed E-state index contributed by atoms with van der Waals surface area (Å²) in [5.74, 6) is -0.273. The fourth-order valence-corrected chi connectivity index (χ4v) is 2.61. The van der Waals surface area contributed by atoms with Crippen molar-refractivity contribution in [2.75, 3.05) is 11.1 Å². The van der Waals surface area contributed by atoms with Gasteiger partial charge in [-0.15, -0.1) is 0 Å². The molecule has 3 aromatic rings. The summed E-state index contributed by atoms with van der Waals surface area (Å²) in [5.41, 5.74) is 8.21. The number of nitrogens with two attached hydrogens (primary N) is 1. The molecule has 0 spiro atoms. The molecule has 0 unspecified atom stereocenters. The summed E-state index contributed by atoms with van der Waals surface area (Å²) in [6.07, 6.45) is 0. The minimum Gasteiger partial charge on any atom is -0.397 e. The van der Waals surface area contributed by atoms with E-state index in [0.717, 1.165) is 15.4 Å². The molecule has 0 radical (unpaired) electrons. The molecule has 0 saturated heterocycles. The number of para-hydroxylation sites is 1. The summed E-state index contributed by atoms with van der Waals surface area (Å²) < 4.78 is 0.836. The van der Waals surface area contributed by atoms with Crippen LogP contribution in [-0.4, -0.2) is 10.9 Å². The van der Waals surface area contributed by atoms with Gasteiger partial charge >= 0.3 is 0 Å². The van der Waals surface area contributed by atoms with Gasteiger partial charge in [-0.05, 0) is 30.3 Å². The fraction of sp³-hybridized carbons (Fsp3) is 0. The number of aromatic nitrogens is 1. The van der Waals surface area contributed by atoms with Crippen LogP contribution in [0.25, 0.3) is 10.9 Å². The second-order valence-electron chi connectivity index (χ2n) is 4.57. The minimum atomic E-state index is -0.273. The lowest BCUT2D eigenvalue weighted by Crippen LogP contribution is -2.12. The average Bonchev–Trinajstić information content (AvgIpc) is 2.88. The summed E-state index contributed by atoms with van der Waals surface area (Å²) in [5, 5.41) is 4.14. The van der Waals surface area contributed by atoms with E-state index in [-0.39, 0.29) is 5.91 Å². The van der Waals surface area contributed by atoms with Crippen LogP contribution in [0.5, 0.6) is 0 Å². The molecule has 0 aliphatic carbocycles. The van der Waals surface area contributed by atoms with Gasteiger partial charge in [0.25, 0.3) is 5.91 Å². The van der Waals surface area contributed by atoms with Gasteiger partial charge in [0.1, 0.15) is 5.69 Å². The third-order valence-electron chi connectivity index (χ3n) is 3.11. The normalized spacial score (nSPS) is 10.8. The summed E-state index contributed by atoms with van der Waals surface area (Å²) in [6.45, 7) is 0. The highest BCUT2D eigenvalue weighted by atomic mass is 79.9. The Kier molecular flexibility index (Phi) is 3.61. The third-order valence-corrected chi connectivity index (χ3v) is 3.93. The van der Waals surface area contributed by atoms with Crippen molar-refractivity contribution in [3.05, 3.63) is 57.7 Å².